The molecule has 0 radical (unpaired) electrons. The Balaban J connectivity index is 3.06. The second-order valence-corrected chi connectivity index (χ2v) is 4.39. The van der Waals surface area contributed by atoms with Gasteiger partial charge in [-0.3, -0.25) is 14.9 Å². The molecule has 1 aromatic carbocycles. The second kappa shape index (κ2) is 6.14. The first-order chi connectivity index (χ1) is 8.45. The average molecular weight is 251 g/mol. The van der Waals surface area contributed by atoms with Crippen LogP contribution in [-0.2, 0) is 0 Å². The highest BCUT2D eigenvalue weighted by molar-refractivity contribution is 5.97. The highest BCUT2D eigenvalue weighted by atomic mass is 16.6. The summed E-state index contributed by atoms with van der Waals surface area (Å²) in [4.78, 5) is 22.2. The van der Waals surface area contributed by atoms with Gasteiger partial charge in [-0.15, -0.1) is 0 Å². The Labute approximate surface area is 106 Å². The summed E-state index contributed by atoms with van der Waals surface area (Å²) in [6, 6.07) is 4.34. The fraction of sp³-hybridized carbons (Fsp3) is 0.462. The van der Waals surface area contributed by atoms with Crippen molar-refractivity contribution in [3.63, 3.8) is 0 Å². The van der Waals surface area contributed by atoms with Gasteiger partial charge in [-0.25, -0.2) is 0 Å². The molecule has 5 heteroatoms. The van der Waals surface area contributed by atoms with Gasteiger partial charge in [0.1, 0.15) is 0 Å². The van der Waals surface area contributed by atoms with Crippen LogP contribution in [0.1, 0.15) is 37.6 Å². The molecule has 0 atom stereocenters. The first kappa shape index (κ1) is 14.2. The number of rotatable bonds is 6. The predicted octanol–water partition coefficient (Wildman–Crippen LogP) is 3.22. The highest BCUT2D eigenvalue weighted by Crippen LogP contribution is 2.28. The largest absolute Gasteiger partial charge is 0.487 e. The summed E-state index contributed by atoms with van der Waals surface area (Å²) < 4.78 is 5.16. The topological polar surface area (TPSA) is 69.4 Å². The van der Waals surface area contributed by atoms with Crippen molar-refractivity contribution >= 4 is 11.5 Å². The van der Waals surface area contributed by atoms with Gasteiger partial charge in [0.15, 0.2) is 11.5 Å². The average Bonchev–Trinajstić information content (AvgIpc) is 2.28. The summed E-state index contributed by atoms with van der Waals surface area (Å²) in [5.41, 5.74) is 0.199. The zero-order valence-corrected chi connectivity index (χ0v) is 10.8. The van der Waals surface area contributed by atoms with E-state index in [0.29, 0.717) is 18.6 Å². The zero-order valence-electron chi connectivity index (χ0n) is 10.8. The molecule has 0 aliphatic heterocycles. The highest BCUT2D eigenvalue weighted by Gasteiger charge is 2.18. The van der Waals surface area contributed by atoms with Gasteiger partial charge in [0, 0.05) is 18.1 Å². The van der Waals surface area contributed by atoms with Crippen LogP contribution in [0.3, 0.4) is 0 Å². The molecule has 0 N–H and O–H groups in total. The van der Waals surface area contributed by atoms with Crippen molar-refractivity contribution in [3.05, 3.63) is 33.9 Å². The van der Waals surface area contributed by atoms with Gasteiger partial charge < -0.3 is 4.74 Å². The lowest BCUT2D eigenvalue weighted by molar-refractivity contribution is -0.385. The SMILES string of the molecule is CCOc1ccc(C(=O)CC(C)C)cc1[N+](=O)[O-]. The molecule has 0 fully saturated rings. The maximum atomic E-state index is 11.8. The molecule has 0 unspecified atom stereocenters. The van der Waals surface area contributed by atoms with Crippen LogP contribution in [0.5, 0.6) is 5.75 Å². The fourth-order valence-electron chi connectivity index (χ4n) is 1.60. The smallest absolute Gasteiger partial charge is 0.311 e. The molecular formula is C13H17NO4. The van der Waals surface area contributed by atoms with E-state index in [4.69, 9.17) is 4.74 Å². The van der Waals surface area contributed by atoms with Crippen LogP contribution in [-0.4, -0.2) is 17.3 Å². The number of carbonyl (C=O) groups excluding carboxylic acids is 1. The molecule has 98 valence electrons. The Bertz CT molecular complexity index is 454. The van der Waals surface area contributed by atoms with Gasteiger partial charge >= 0.3 is 5.69 Å². The standard InChI is InChI=1S/C13H17NO4/c1-4-18-13-6-5-10(8-11(13)14(16)17)12(15)7-9(2)3/h5-6,8-9H,4,7H2,1-3H3. The number of Topliss-reactive ketones (excluding diaryl/α,β-unsaturated/α-hetero) is 1. The van der Waals surface area contributed by atoms with Crippen molar-refractivity contribution in [1.82, 2.24) is 0 Å². The van der Waals surface area contributed by atoms with Crippen molar-refractivity contribution < 1.29 is 14.5 Å². The minimum absolute atomic E-state index is 0.0869. The number of hydrogen-bond donors (Lipinski definition) is 0. The third kappa shape index (κ3) is 3.55. The lowest BCUT2D eigenvalue weighted by atomic mass is 10.0. The van der Waals surface area contributed by atoms with Crippen LogP contribution < -0.4 is 4.74 Å². The van der Waals surface area contributed by atoms with Gasteiger partial charge in [-0.2, -0.15) is 0 Å². The molecule has 5 nitrogen and oxygen atoms in total. The molecule has 0 aliphatic rings. The van der Waals surface area contributed by atoms with Crippen molar-refractivity contribution in [2.24, 2.45) is 5.92 Å². The summed E-state index contributed by atoms with van der Waals surface area (Å²) in [5, 5.41) is 10.9. The van der Waals surface area contributed by atoms with Crippen molar-refractivity contribution in [3.8, 4) is 5.75 Å². The van der Waals surface area contributed by atoms with Crippen LogP contribution in [0.25, 0.3) is 0 Å². The molecule has 1 rings (SSSR count). The molecule has 0 aromatic heterocycles. The molecule has 0 bridgehead atoms. The third-order valence-electron chi connectivity index (χ3n) is 2.37. The van der Waals surface area contributed by atoms with Crippen LogP contribution in [0, 0.1) is 16.0 Å². The maximum absolute atomic E-state index is 11.8. The molecule has 0 amide bonds. The van der Waals surface area contributed by atoms with E-state index >= 15 is 0 Å². The Morgan fingerprint density at radius 1 is 1.44 bits per heavy atom. The van der Waals surface area contributed by atoms with E-state index in [-0.39, 0.29) is 23.1 Å². The number of hydrogen-bond acceptors (Lipinski definition) is 4. The van der Waals surface area contributed by atoms with Crippen LogP contribution in [0.2, 0.25) is 0 Å². The number of nitro benzene ring substituents is 1. The van der Waals surface area contributed by atoms with Crippen LogP contribution >= 0.6 is 0 Å². The molecule has 1 aromatic rings. The summed E-state index contributed by atoms with van der Waals surface area (Å²) in [7, 11) is 0. The van der Waals surface area contributed by atoms with E-state index in [2.05, 4.69) is 0 Å². The molecule has 0 spiro atoms. The van der Waals surface area contributed by atoms with E-state index in [1.165, 1.54) is 12.1 Å². The van der Waals surface area contributed by atoms with Gasteiger partial charge in [0.25, 0.3) is 0 Å². The summed E-state index contributed by atoms with van der Waals surface area (Å²) in [6.45, 7) is 5.96. The first-order valence-electron chi connectivity index (χ1n) is 5.90. The molecule has 0 saturated carbocycles. The summed E-state index contributed by atoms with van der Waals surface area (Å²) in [5.74, 6) is 0.336. The number of carbonyl (C=O) groups is 1. The first-order valence-corrected chi connectivity index (χ1v) is 5.90. The minimum Gasteiger partial charge on any atom is -0.487 e. The predicted molar refractivity (Wildman–Crippen MR) is 68.1 cm³/mol. The number of nitrogens with zero attached hydrogens (tertiary/aromatic N) is 1. The quantitative estimate of drug-likeness (QED) is 0.442. The number of nitro groups is 1. The zero-order chi connectivity index (χ0) is 13.7. The number of benzene rings is 1. The van der Waals surface area contributed by atoms with Crippen LogP contribution in [0.15, 0.2) is 18.2 Å². The van der Waals surface area contributed by atoms with Crippen molar-refractivity contribution in [2.75, 3.05) is 6.61 Å². The Kier molecular flexibility index (Phi) is 4.83. The Morgan fingerprint density at radius 2 is 2.11 bits per heavy atom. The summed E-state index contributed by atoms with van der Waals surface area (Å²) in [6.07, 6.45) is 0.380. The van der Waals surface area contributed by atoms with Gasteiger partial charge in [-0.05, 0) is 25.0 Å². The lowest BCUT2D eigenvalue weighted by Gasteiger charge is -2.07. The molecule has 0 heterocycles. The number of ketones is 1. The molecule has 0 saturated heterocycles. The van der Waals surface area contributed by atoms with Gasteiger partial charge in [0.05, 0.1) is 11.5 Å². The fourth-order valence-corrected chi connectivity index (χ4v) is 1.60. The van der Waals surface area contributed by atoms with Gasteiger partial charge in [-0.1, -0.05) is 13.8 Å². The van der Waals surface area contributed by atoms with E-state index in [0.717, 1.165) is 0 Å². The number of ether oxygens (including phenoxy) is 1. The summed E-state index contributed by atoms with van der Waals surface area (Å²) >= 11 is 0. The molecule has 18 heavy (non-hydrogen) atoms. The Hall–Kier alpha value is -1.91. The third-order valence-corrected chi connectivity index (χ3v) is 2.37. The van der Waals surface area contributed by atoms with E-state index < -0.39 is 4.92 Å². The van der Waals surface area contributed by atoms with Crippen LogP contribution in [0.4, 0.5) is 5.69 Å². The van der Waals surface area contributed by atoms with Crippen molar-refractivity contribution in [2.45, 2.75) is 27.2 Å². The maximum Gasteiger partial charge on any atom is 0.311 e. The van der Waals surface area contributed by atoms with E-state index in [9.17, 15) is 14.9 Å². The normalized spacial score (nSPS) is 10.4. The monoisotopic (exact) mass is 251 g/mol. The second-order valence-electron chi connectivity index (χ2n) is 4.39. The lowest BCUT2D eigenvalue weighted by Crippen LogP contribution is -2.05. The molecule has 0 aliphatic carbocycles. The van der Waals surface area contributed by atoms with Crippen molar-refractivity contribution in [1.29, 1.82) is 0 Å². The Morgan fingerprint density at radius 3 is 2.61 bits per heavy atom. The van der Waals surface area contributed by atoms with Gasteiger partial charge in [0.2, 0.25) is 0 Å². The molecular weight excluding hydrogens is 234 g/mol. The van der Waals surface area contributed by atoms with E-state index in [1.807, 2.05) is 13.8 Å². The van der Waals surface area contributed by atoms with E-state index in [1.54, 1.807) is 13.0 Å². The minimum atomic E-state index is -0.531.